The van der Waals surface area contributed by atoms with Crippen LogP contribution in [-0.2, 0) is 0 Å². The van der Waals surface area contributed by atoms with Gasteiger partial charge in [0.25, 0.3) is 0 Å². The van der Waals surface area contributed by atoms with E-state index < -0.39 is 0 Å². The van der Waals surface area contributed by atoms with Crippen LogP contribution in [0.2, 0.25) is 0 Å². The Labute approximate surface area is 100 Å². The van der Waals surface area contributed by atoms with Gasteiger partial charge in [0.15, 0.2) is 0 Å². The summed E-state index contributed by atoms with van der Waals surface area (Å²) in [6, 6.07) is 0. The summed E-state index contributed by atoms with van der Waals surface area (Å²) >= 11 is 0. The highest BCUT2D eigenvalue weighted by atomic mass is 16.3. The molecule has 1 atom stereocenters. The van der Waals surface area contributed by atoms with Gasteiger partial charge in [-0.05, 0) is 57.3 Å². The van der Waals surface area contributed by atoms with Crippen molar-refractivity contribution in [2.45, 2.75) is 26.7 Å². The molecule has 3 nitrogen and oxygen atoms in total. The Bertz CT molecular complexity index is 177. The maximum absolute atomic E-state index is 9.22. The normalized spacial score (nSPS) is 21.6. The van der Waals surface area contributed by atoms with Gasteiger partial charge in [0.05, 0.1) is 0 Å². The second kappa shape index (κ2) is 7.25. The van der Waals surface area contributed by atoms with E-state index in [2.05, 4.69) is 31.1 Å². The third kappa shape index (κ3) is 4.81. The SMILES string of the molecule is CC(C)C(CO)CNCC1CCN(C)CC1. The van der Waals surface area contributed by atoms with E-state index in [1.807, 2.05) is 0 Å². The third-order valence-corrected chi connectivity index (χ3v) is 3.85. The van der Waals surface area contributed by atoms with Crippen molar-refractivity contribution < 1.29 is 5.11 Å². The lowest BCUT2D eigenvalue weighted by atomic mass is 9.95. The summed E-state index contributed by atoms with van der Waals surface area (Å²) < 4.78 is 0. The van der Waals surface area contributed by atoms with Crippen LogP contribution in [0.1, 0.15) is 26.7 Å². The summed E-state index contributed by atoms with van der Waals surface area (Å²) in [7, 11) is 2.20. The maximum Gasteiger partial charge on any atom is 0.0473 e. The second-order valence-corrected chi connectivity index (χ2v) is 5.59. The van der Waals surface area contributed by atoms with Crippen molar-refractivity contribution in [3.8, 4) is 0 Å². The van der Waals surface area contributed by atoms with Crippen molar-refractivity contribution in [2.75, 3.05) is 39.8 Å². The van der Waals surface area contributed by atoms with Crippen LogP contribution in [0.4, 0.5) is 0 Å². The van der Waals surface area contributed by atoms with E-state index in [1.54, 1.807) is 0 Å². The Hall–Kier alpha value is -0.120. The predicted molar refractivity (Wildman–Crippen MR) is 68.5 cm³/mol. The fourth-order valence-electron chi connectivity index (χ4n) is 2.25. The first-order valence-corrected chi connectivity index (χ1v) is 6.63. The molecule has 0 amide bonds. The molecule has 0 aromatic rings. The summed E-state index contributed by atoms with van der Waals surface area (Å²) in [5, 5.41) is 12.7. The van der Waals surface area contributed by atoms with Gasteiger partial charge in [0.1, 0.15) is 0 Å². The van der Waals surface area contributed by atoms with Gasteiger partial charge in [-0.1, -0.05) is 13.8 Å². The Balaban J connectivity index is 2.10. The van der Waals surface area contributed by atoms with Crippen molar-refractivity contribution in [1.82, 2.24) is 10.2 Å². The van der Waals surface area contributed by atoms with Crippen molar-refractivity contribution in [3.63, 3.8) is 0 Å². The third-order valence-electron chi connectivity index (χ3n) is 3.85. The largest absolute Gasteiger partial charge is 0.396 e. The summed E-state index contributed by atoms with van der Waals surface area (Å²) in [5.74, 6) is 1.81. The summed E-state index contributed by atoms with van der Waals surface area (Å²) in [5.41, 5.74) is 0. The molecule has 16 heavy (non-hydrogen) atoms. The van der Waals surface area contributed by atoms with E-state index in [0.717, 1.165) is 19.0 Å². The van der Waals surface area contributed by atoms with E-state index in [9.17, 15) is 5.11 Å². The standard InChI is InChI=1S/C13H28N2O/c1-11(2)13(10-16)9-14-8-12-4-6-15(3)7-5-12/h11-14,16H,4-10H2,1-3H3. The van der Waals surface area contributed by atoms with Crippen LogP contribution in [-0.4, -0.2) is 49.8 Å². The highest BCUT2D eigenvalue weighted by Gasteiger charge is 2.17. The fraction of sp³-hybridized carbons (Fsp3) is 1.00. The molecule has 96 valence electrons. The topological polar surface area (TPSA) is 35.5 Å². The van der Waals surface area contributed by atoms with Crippen LogP contribution in [0.25, 0.3) is 0 Å². The summed E-state index contributed by atoms with van der Waals surface area (Å²) in [6.07, 6.45) is 2.63. The first kappa shape index (κ1) is 13.9. The maximum atomic E-state index is 9.22. The Morgan fingerprint density at radius 3 is 2.44 bits per heavy atom. The second-order valence-electron chi connectivity index (χ2n) is 5.59. The molecule has 1 rings (SSSR count). The molecule has 1 unspecified atom stereocenters. The number of nitrogens with one attached hydrogen (secondary N) is 1. The van der Waals surface area contributed by atoms with Crippen LogP contribution in [0, 0.1) is 17.8 Å². The van der Waals surface area contributed by atoms with E-state index in [-0.39, 0.29) is 0 Å². The van der Waals surface area contributed by atoms with Crippen molar-refractivity contribution in [1.29, 1.82) is 0 Å². The smallest absolute Gasteiger partial charge is 0.0473 e. The highest BCUT2D eigenvalue weighted by Crippen LogP contribution is 2.15. The lowest BCUT2D eigenvalue weighted by Gasteiger charge is -2.29. The molecule has 2 N–H and O–H groups in total. The molecule has 1 saturated heterocycles. The predicted octanol–water partition coefficient (Wildman–Crippen LogP) is 1.18. The molecule has 0 bridgehead atoms. The number of hydrogen-bond donors (Lipinski definition) is 2. The van der Waals surface area contributed by atoms with Gasteiger partial charge in [-0.25, -0.2) is 0 Å². The minimum Gasteiger partial charge on any atom is -0.396 e. The molecule has 1 aliphatic heterocycles. The zero-order chi connectivity index (χ0) is 12.0. The summed E-state index contributed by atoms with van der Waals surface area (Å²) in [6.45, 7) is 9.21. The number of likely N-dealkylation sites (tertiary alicyclic amines) is 1. The van der Waals surface area contributed by atoms with Crippen LogP contribution < -0.4 is 5.32 Å². The highest BCUT2D eigenvalue weighted by molar-refractivity contribution is 4.73. The molecule has 1 fully saturated rings. The van der Waals surface area contributed by atoms with Gasteiger partial charge in [-0.2, -0.15) is 0 Å². The zero-order valence-electron chi connectivity index (χ0n) is 11.1. The van der Waals surface area contributed by atoms with Gasteiger partial charge in [-0.15, -0.1) is 0 Å². The molecule has 0 radical (unpaired) electrons. The van der Waals surface area contributed by atoms with Gasteiger partial charge < -0.3 is 15.3 Å². The average molecular weight is 228 g/mol. The molecule has 0 spiro atoms. The van der Waals surface area contributed by atoms with Gasteiger partial charge >= 0.3 is 0 Å². The molecule has 3 heteroatoms. The quantitative estimate of drug-likeness (QED) is 0.717. The van der Waals surface area contributed by atoms with E-state index in [1.165, 1.54) is 25.9 Å². The number of rotatable bonds is 6. The van der Waals surface area contributed by atoms with Gasteiger partial charge in [-0.3, -0.25) is 0 Å². The number of hydrogen-bond acceptors (Lipinski definition) is 3. The van der Waals surface area contributed by atoms with E-state index >= 15 is 0 Å². The van der Waals surface area contributed by atoms with Gasteiger partial charge in [0.2, 0.25) is 0 Å². The van der Waals surface area contributed by atoms with Crippen molar-refractivity contribution >= 4 is 0 Å². The molecule has 1 heterocycles. The minimum atomic E-state index is 0.304. The lowest BCUT2D eigenvalue weighted by molar-refractivity contribution is 0.177. The Morgan fingerprint density at radius 1 is 1.31 bits per heavy atom. The van der Waals surface area contributed by atoms with E-state index in [4.69, 9.17) is 0 Å². The number of piperidine rings is 1. The monoisotopic (exact) mass is 228 g/mol. The molecule has 0 aliphatic carbocycles. The molecule has 1 aliphatic rings. The lowest BCUT2D eigenvalue weighted by Crippen LogP contribution is -2.37. The molecule has 0 aromatic carbocycles. The zero-order valence-corrected chi connectivity index (χ0v) is 11.1. The molecular weight excluding hydrogens is 200 g/mol. The first-order chi connectivity index (χ1) is 7.63. The molecular formula is C13H28N2O. The summed E-state index contributed by atoms with van der Waals surface area (Å²) in [4.78, 5) is 2.40. The molecule has 0 aromatic heterocycles. The Kier molecular flexibility index (Phi) is 6.32. The van der Waals surface area contributed by atoms with Crippen molar-refractivity contribution in [3.05, 3.63) is 0 Å². The number of aliphatic hydroxyl groups is 1. The van der Waals surface area contributed by atoms with Crippen LogP contribution >= 0.6 is 0 Å². The van der Waals surface area contributed by atoms with Gasteiger partial charge in [0, 0.05) is 13.2 Å². The van der Waals surface area contributed by atoms with E-state index in [0.29, 0.717) is 18.4 Å². The van der Waals surface area contributed by atoms with Crippen LogP contribution in [0.3, 0.4) is 0 Å². The first-order valence-electron chi connectivity index (χ1n) is 6.63. The van der Waals surface area contributed by atoms with Crippen molar-refractivity contribution in [2.24, 2.45) is 17.8 Å². The van der Waals surface area contributed by atoms with Crippen LogP contribution in [0.5, 0.6) is 0 Å². The molecule has 0 saturated carbocycles. The number of aliphatic hydroxyl groups excluding tert-OH is 1. The average Bonchev–Trinajstić information content (AvgIpc) is 2.26. The fourth-order valence-corrected chi connectivity index (χ4v) is 2.25. The Morgan fingerprint density at radius 2 is 1.94 bits per heavy atom. The minimum absolute atomic E-state index is 0.304. The van der Waals surface area contributed by atoms with Crippen LogP contribution in [0.15, 0.2) is 0 Å². The number of nitrogens with zero attached hydrogens (tertiary/aromatic N) is 1.